The van der Waals surface area contributed by atoms with Crippen LogP contribution in [0.1, 0.15) is 58.8 Å². The Balaban J connectivity index is 1.44. The molecule has 4 aliphatic rings. The fourth-order valence-electron chi connectivity index (χ4n) is 6.33. The predicted molar refractivity (Wildman–Crippen MR) is 123 cm³/mol. The van der Waals surface area contributed by atoms with Crippen LogP contribution < -0.4 is 10.6 Å². The van der Waals surface area contributed by atoms with Crippen molar-refractivity contribution in [3.8, 4) is 6.07 Å². The summed E-state index contributed by atoms with van der Waals surface area (Å²) in [6, 6.07) is 9.25. The fraction of sp³-hybridized carbons (Fsp3) is 0.640. The summed E-state index contributed by atoms with van der Waals surface area (Å²) in [6.45, 7) is 3.97. The maximum Gasteiger partial charge on any atom is 0.247 e. The summed E-state index contributed by atoms with van der Waals surface area (Å²) >= 11 is 1.56. The molecule has 4 aliphatic carbocycles. The molecule has 0 aliphatic heterocycles. The second kappa shape index (κ2) is 9.24. The Morgan fingerprint density at radius 3 is 2.32 bits per heavy atom. The van der Waals surface area contributed by atoms with Gasteiger partial charge in [0.15, 0.2) is 0 Å². The molecular weight excluding hydrogens is 406 g/mol. The normalized spacial score (nSPS) is 29.4. The highest BCUT2D eigenvalue weighted by molar-refractivity contribution is 7.99. The van der Waals surface area contributed by atoms with Gasteiger partial charge in [0.1, 0.15) is 6.04 Å². The number of carbonyl (C=O) groups is 2. The van der Waals surface area contributed by atoms with Gasteiger partial charge in [-0.05, 0) is 74.3 Å². The summed E-state index contributed by atoms with van der Waals surface area (Å²) in [5.41, 5.74) is 0.484. The Morgan fingerprint density at radius 1 is 1.13 bits per heavy atom. The van der Waals surface area contributed by atoms with Crippen LogP contribution in [0.4, 0.5) is 5.69 Å². The molecule has 2 N–H and O–H groups in total. The van der Waals surface area contributed by atoms with Crippen LogP contribution >= 0.6 is 11.8 Å². The molecule has 5 rings (SSSR count). The highest BCUT2D eigenvalue weighted by Crippen LogP contribution is 2.60. The van der Waals surface area contributed by atoms with Crippen LogP contribution in [0, 0.1) is 40.4 Å². The van der Waals surface area contributed by atoms with Gasteiger partial charge in [-0.25, -0.2) is 0 Å². The summed E-state index contributed by atoms with van der Waals surface area (Å²) in [7, 11) is 0. The third-order valence-corrected chi connectivity index (χ3v) is 8.45. The molecule has 2 amide bonds. The maximum absolute atomic E-state index is 13.5. The van der Waals surface area contributed by atoms with Gasteiger partial charge in [0, 0.05) is 22.5 Å². The summed E-state index contributed by atoms with van der Waals surface area (Å²) in [6.07, 6.45) is 7.33. The minimum absolute atomic E-state index is 0.00346. The van der Waals surface area contributed by atoms with Crippen LogP contribution in [0.5, 0.6) is 0 Å². The second-order valence-electron chi connectivity index (χ2n) is 10.1. The largest absolute Gasteiger partial charge is 0.344 e. The molecule has 0 heterocycles. The van der Waals surface area contributed by atoms with Crippen molar-refractivity contribution in [2.45, 2.75) is 69.7 Å². The average molecular weight is 440 g/mol. The van der Waals surface area contributed by atoms with Crippen molar-refractivity contribution in [1.82, 2.24) is 5.32 Å². The molecule has 4 bridgehead atoms. The first-order valence-electron chi connectivity index (χ1n) is 11.6. The van der Waals surface area contributed by atoms with Crippen molar-refractivity contribution in [3.63, 3.8) is 0 Å². The van der Waals surface area contributed by atoms with E-state index in [1.807, 2.05) is 38.1 Å². The first-order chi connectivity index (χ1) is 14.9. The summed E-state index contributed by atoms with van der Waals surface area (Å²) in [5, 5.41) is 15.0. The molecule has 4 saturated carbocycles. The number of nitriles is 1. The number of anilines is 1. The molecule has 6 heteroatoms. The quantitative estimate of drug-likeness (QED) is 0.442. The molecule has 1 aromatic carbocycles. The summed E-state index contributed by atoms with van der Waals surface area (Å²) in [5.74, 6) is 2.69. The van der Waals surface area contributed by atoms with E-state index < -0.39 is 6.04 Å². The minimum Gasteiger partial charge on any atom is -0.344 e. The molecule has 0 spiro atoms. The number of hydrogen-bond donors (Lipinski definition) is 2. The van der Waals surface area contributed by atoms with Crippen LogP contribution in [0.3, 0.4) is 0 Å². The van der Waals surface area contributed by atoms with Gasteiger partial charge in [-0.2, -0.15) is 5.26 Å². The van der Waals surface area contributed by atoms with E-state index in [0.29, 0.717) is 29.9 Å². The van der Waals surface area contributed by atoms with Crippen molar-refractivity contribution in [2.75, 3.05) is 11.1 Å². The predicted octanol–water partition coefficient (Wildman–Crippen LogP) is 4.99. The number of para-hydroxylation sites is 1. The smallest absolute Gasteiger partial charge is 0.247 e. The molecule has 1 aromatic rings. The molecule has 0 saturated heterocycles. The number of amides is 2. The highest BCUT2D eigenvalue weighted by atomic mass is 32.2. The van der Waals surface area contributed by atoms with Gasteiger partial charge in [0.2, 0.25) is 11.8 Å². The minimum atomic E-state index is -0.558. The van der Waals surface area contributed by atoms with Crippen molar-refractivity contribution in [1.29, 1.82) is 5.26 Å². The Morgan fingerprint density at radius 2 is 1.74 bits per heavy atom. The number of thioether (sulfide) groups is 1. The Labute approximate surface area is 189 Å². The van der Waals surface area contributed by atoms with E-state index in [4.69, 9.17) is 5.26 Å². The van der Waals surface area contributed by atoms with Gasteiger partial charge in [-0.1, -0.05) is 26.0 Å². The SMILES string of the molecule is CC(C)[C@H](NC(=O)C12CC3CC(CC(C3)C1)C2)C(=O)Nc1ccccc1SCCC#N. The summed E-state index contributed by atoms with van der Waals surface area (Å²) in [4.78, 5) is 27.6. The van der Waals surface area contributed by atoms with Crippen LogP contribution in [0.15, 0.2) is 29.2 Å². The number of nitrogens with one attached hydrogen (secondary N) is 2. The Hall–Kier alpha value is -2.00. The molecule has 4 fully saturated rings. The standard InChI is InChI=1S/C25H33N3O2S/c1-16(2)22(23(29)27-20-6-3-4-7-21(20)31-9-5-8-26)28-24(30)25-13-17-10-18(14-25)12-19(11-17)15-25/h3-4,6-7,16-19,22H,5,9-15H2,1-2H3,(H,27,29)(H,28,30)/t17?,18?,19?,22-,25?/m0/s1. The summed E-state index contributed by atoms with van der Waals surface area (Å²) < 4.78 is 0. The van der Waals surface area contributed by atoms with E-state index in [1.54, 1.807) is 11.8 Å². The lowest BCUT2D eigenvalue weighted by Gasteiger charge is -2.55. The molecule has 166 valence electrons. The first-order valence-corrected chi connectivity index (χ1v) is 12.6. The zero-order valence-electron chi connectivity index (χ0n) is 18.5. The number of nitrogens with zero attached hydrogens (tertiary/aromatic N) is 1. The van der Waals surface area contributed by atoms with Crippen LogP contribution in [0.25, 0.3) is 0 Å². The molecule has 0 aromatic heterocycles. The topological polar surface area (TPSA) is 82.0 Å². The molecule has 0 radical (unpaired) electrons. The second-order valence-corrected chi connectivity index (χ2v) is 11.3. The van der Waals surface area contributed by atoms with Gasteiger partial charge < -0.3 is 10.6 Å². The molecule has 1 atom stereocenters. The highest BCUT2D eigenvalue weighted by Gasteiger charge is 2.55. The van der Waals surface area contributed by atoms with E-state index in [2.05, 4.69) is 16.7 Å². The Kier molecular flexibility index (Phi) is 6.62. The zero-order chi connectivity index (χ0) is 22.0. The molecule has 31 heavy (non-hydrogen) atoms. The fourth-order valence-corrected chi connectivity index (χ4v) is 7.19. The third-order valence-electron chi connectivity index (χ3n) is 7.37. The van der Waals surface area contributed by atoms with E-state index in [1.165, 1.54) is 19.3 Å². The Bertz CT molecular complexity index is 840. The lowest BCUT2D eigenvalue weighted by Crippen LogP contribution is -2.57. The van der Waals surface area contributed by atoms with Crippen molar-refractivity contribution < 1.29 is 9.59 Å². The van der Waals surface area contributed by atoms with Crippen molar-refractivity contribution >= 4 is 29.3 Å². The zero-order valence-corrected chi connectivity index (χ0v) is 19.3. The van der Waals surface area contributed by atoms with Gasteiger partial charge in [-0.15, -0.1) is 11.8 Å². The maximum atomic E-state index is 13.5. The first kappa shape index (κ1) is 22.2. The third kappa shape index (κ3) is 4.77. The van der Waals surface area contributed by atoms with Crippen LogP contribution in [0.2, 0.25) is 0 Å². The van der Waals surface area contributed by atoms with Crippen molar-refractivity contribution in [2.24, 2.45) is 29.1 Å². The lowest BCUT2D eigenvalue weighted by atomic mass is 9.49. The monoisotopic (exact) mass is 439 g/mol. The molecule has 0 unspecified atom stereocenters. The van der Waals surface area contributed by atoms with Crippen molar-refractivity contribution in [3.05, 3.63) is 24.3 Å². The lowest BCUT2D eigenvalue weighted by molar-refractivity contribution is -0.148. The number of benzene rings is 1. The number of hydrogen-bond acceptors (Lipinski definition) is 4. The number of carbonyl (C=O) groups excluding carboxylic acids is 2. The number of rotatable bonds is 8. The van der Waals surface area contributed by atoms with Gasteiger partial charge in [0.25, 0.3) is 0 Å². The average Bonchev–Trinajstić information content (AvgIpc) is 2.72. The van der Waals surface area contributed by atoms with E-state index >= 15 is 0 Å². The van der Waals surface area contributed by atoms with E-state index in [-0.39, 0.29) is 23.1 Å². The van der Waals surface area contributed by atoms with Crippen LogP contribution in [-0.2, 0) is 9.59 Å². The van der Waals surface area contributed by atoms with E-state index in [9.17, 15) is 9.59 Å². The van der Waals surface area contributed by atoms with Crippen LogP contribution in [-0.4, -0.2) is 23.6 Å². The van der Waals surface area contributed by atoms with E-state index in [0.717, 1.165) is 29.8 Å². The van der Waals surface area contributed by atoms with Gasteiger partial charge >= 0.3 is 0 Å². The van der Waals surface area contributed by atoms with Gasteiger partial charge in [0.05, 0.1) is 11.8 Å². The molecule has 5 nitrogen and oxygen atoms in total. The molecular formula is C25H33N3O2S. The van der Waals surface area contributed by atoms with Gasteiger partial charge in [-0.3, -0.25) is 9.59 Å².